The summed E-state index contributed by atoms with van der Waals surface area (Å²) < 4.78 is 37.7. The number of aromatic amines is 1. The predicted molar refractivity (Wildman–Crippen MR) is 81.8 cm³/mol. The van der Waals surface area contributed by atoms with Crippen molar-refractivity contribution in [1.29, 1.82) is 0 Å². The lowest BCUT2D eigenvalue weighted by molar-refractivity contribution is -0.137. The highest BCUT2D eigenvalue weighted by molar-refractivity contribution is 5.83. The van der Waals surface area contributed by atoms with E-state index in [1.54, 1.807) is 0 Å². The van der Waals surface area contributed by atoms with Crippen molar-refractivity contribution in [3.8, 4) is 0 Å². The highest BCUT2D eigenvalue weighted by Crippen LogP contribution is 2.30. The van der Waals surface area contributed by atoms with Crippen LogP contribution in [0, 0.1) is 0 Å². The van der Waals surface area contributed by atoms with E-state index in [0.29, 0.717) is 0 Å². The van der Waals surface area contributed by atoms with E-state index in [0.717, 1.165) is 34.3 Å². The maximum absolute atomic E-state index is 12.6. The number of fused-ring (bicyclic) bond motifs is 1. The number of nitrogens with one attached hydrogen (secondary N) is 2. The molecule has 22 heavy (non-hydrogen) atoms. The van der Waals surface area contributed by atoms with E-state index in [-0.39, 0.29) is 6.04 Å². The highest BCUT2D eigenvalue weighted by Gasteiger charge is 2.30. The van der Waals surface area contributed by atoms with Gasteiger partial charge in [0.15, 0.2) is 0 Å². The second-order valence-electron chi connectivity index (χ2n) is 5.27. The van der Waals surface area contributed by atoms with Crippen LogP contribution in [0.5, 0.6) is 0 Å². The van der Waals surface area contributed by atoms with E-state index in [9.17, 15) is 13.2 Å². The first kappa shape index (κ1) is 14.5. The van der Waals surface area contributed by atoms with Crippen LogP contribution in [-0.4, -0.2) is 4.98 Å². The fourth-order valence-electron chi connectivity index (χ4n) is 2.44. The molecule has 0 saturated heterocycles. The van der Waals surface area contributed by atoms with Crippen molar-refractivity contribution < 1.29 is 13.2 Å². The molecule has 0 aliphatic carbocycles. The topological polar surface area (TPSA) is 27.8 Å². The minimum absolute atomic E-state index is 0.0846. The maximum Gasteiger partial charge on any atom is 0.416 e. The second kappa shape index (κ2) is 5.40. The molecular weight excluding hydrogens is 289 g/mol. The van der Waals surface area contributed by atoms with Crippen molar-refractivity contribution in [2.24, 2.45) is 0 Å². The highest BCUT2D eigenvalue weighted by atomic mass is 19.4. The Kier molecular flexibility index (Phi) is 3.56. The van der Waals surface area contributed by atoms with Crippen molar-refractivity contribution in [3.05, 3.63) is 65.9 Å². The van der Waals surface area contributed by atoms with Crippen LogP contribution in [0.3, 0.4) is 0 Å². The zero-order valence-corrected chi connectivity index (χ0v) is 11.9. The molecule has 0 bridgehead atoms. The number of rotatable bonds is 3. The minimum Gasteiger partial charge on any atom is -0.379 e. The first-order valence-corrected chi connectivity index (χ1v) is 6.94. The van der Waals surface area contributed by atoms with Gasteiger partial charge >= 0.3 is 6.18 Å². The number of hydrogen-bond acceptors (Lipinski definition) is 1. The predicted octanol–water partition coefficient (Wildman–Crippen LogP) is 5.36. The van der Waals surface area contributed by atoms with E-state index in [1.165, 1.54) is 12.1 Å². The summed E-state index contributed by atoms with van der Waals surface area (Å²) in [6.07, 6.45) is -2.43. The first-order chi connectivity index (χ1) is 10.4. The van der Waals surface area contributed by atoms with Crippen molar-refractivity contribution in [3.63, 3.8) is 0 Å². The molecule has 0 amide bonds. The van der Waals surface area contributed by atoms with Crippen molar-refractivity contribution >= 4 is 16.6 Å². The summed E-state index contributed by atoms with van der Waals surface area (Å²) in [4.78, 5) is 3.12. The molecule has 3 rings (SSSR count). The standard InChI is InChI=1S/C17H15F3N2/c1-11(12-2-4-14(5-3-12)17(18,19)20)22-15-6-7-16-13(10-15)8-9-21-16/h2-11,21-22H,1H3. The molecule has 0 radical (unpaired) electrons. The van der Waals surface area contributed by atoms with Crippen LogP contribution in [0.4, 0.5) is 18.9 Å². The molecule has 2 aromatic carbocycles. The Labute approximate surface area is 126 Å². The zero-order valence-electron chi connectivity index (χ0n) is 11.9. The number of anilines is 1. The SMILES string of the molecule is CC(Nc1ccc2[nH]ccc2c1)c1ccc(C(F)(F)F)cc1. The van der Waals surface area contributed by atoms with E-state index >= 15 is 0 Å². The monoisotopic (exact) mass is 304 g/mol. The van der Waals surface area contributed by atoms with Gasteiger partial charge in [0, 0.05) is 28.8 Å². The average Bonchev–Trinajstić information content (AvgIpc) is 2.94. The zero-order chi connectivity index (χ0) is 15.7. The molecule has 0 saturated carbocycles. The molecular formula is C17H15F3N2. The third-order valence-corrected chi connectivity index (χ3v) is 3.67. The fourth-order valence-corrected chi connectivity index (χ4v) is 2.44. The quantitative estimate of drug-likeness (QED) is 0.670. The van der Waals surface area contributed by atoms with Gasteiger partial charge in [-0.2, -0.15) is 13.2 Å². The number of benzene rings is 2. The van der Waals surface area contributed by atoms with Gasteiger partial charge in [0.1, 0.15) is 0 Å². The molecule has 2 N–H and O–H groups in total. The fraction of sp³-hybridized carbons (Fsp3) is 0.176. The van der Waals surface area contributed by atoms with Crippen molar-refractivity contribution in [2.45, 2.75) is 19.1 Å². The van der Waals surface area contributed by atoms with Gasteiger partial charge in [-0.15, -0.1) is 0 Å². The van der Waals surface area contributed by atoms with Crippen LogP contribution in [0.1, 0.15) is 24.1 Å². The lowest BCUT2D eigenvalue weighted by Gasteiger charge is -2.17. The number of hydrogen-bond donors (Lipinski definition) is 2. The largest absolute Gasteiger partial charge is 0.416 e. The van der Waals surface area contributed by atoms with Crippen LogP contribution in [0.15, 0.2) is 54.7 Å². The number of aromatic nitrogens is 1. The van der Waals surface area contributed by atoms with E-state index < -0.39 is 11.7 Å². The van der Waals surface area contributed by atoms with Crippen LogP contribution in [0.2, 0.25) is 0 Å². The van der Waals surface area contributed by atoms with Gasteiger partial charge in [-0.05, 0) is 48.9 Å². The van der Waals surface area contributed by atoms with Crippen molar-refractivity contribution in [2.75, 3.05) is 5.32 Å². The lowest BCUT2D eigenvalue weighted by Crippen LogP contribution is -2.08. The summed E-state index contributed by atoms with van der Waals surface area (Å²) in [5, 5.41) is 4.39. The Morgan fingerprint density at radius 3 is 2.41 bits per heavy atom. The molecule has 1 atom stereocenters. The average molecular weight is 304 g/mol. The molecule has 0 aliphatic heterocycles. The van der Waals surface area contributed by atoms with Crippen LogP contribution in [0.25, 0.3) is 10.9 Å². The Bertz CT molecular complexity index is 772. The molecule has 0 spiro atoms. The molecule has 3 aromatic rings. The van der Waals surface area contributed by atoms with Gasteiger partial charge in [0.05, 0.1) is 5.56 Å². The van der Waals surface area contributed by atoms with Crippen molar-refractivity contribution in [1.82, 2.24) is 4.98 Å². The Morgan fingerprint density at radius 1 is 1.00 bits per heavy atom. The molecule has 5 heteroatoms. The van der Waals surface area contributed by atoms with Gasteiger partial charge in [-0.3, -0.25) is 0 Å². The Balaban J connectivity index is 1.77. The molecule has 1 unspecified atom stereocenters. The molecule has 2 nitrogen and oxygen atoms in total. The summed E-state index contributed by atoms with van der Waals surface area (Å²) in [5.74, 6) is 0. The summed E-state index contributed by atoms with van der Waals surface area (Å²) in [5.41, 5.74) is 2.16. The first-order valence-electron chi connectivity index (χ1n) is 6.94. The van der Waals surface area contributed by atoms with Crippen LogP contribution < -0.4 is 5.32 Å². The minimum atomic E-state index is -4.30. The second-order valence-corrected chi connectivity index (χ2v) is 5.27. The number of H-pyrrole nitrogens is 1. The third kappa shape index (κ3) is 2.93. The van der Waals surface area contributed by atoms with Crippen LogP contribution >= 0.6 is 0 Å². The summed E-state index contributed by atoms with van der Waals surface area (Å²) in [6, 6.07) is 13.1. The Morgan fingerprint density at radius 2 is 1.73 bits per heavy atom. The molecule has 0 fully saturated rings. The maximum atomic E-state index is 12.6. The molecule has 0 aliphatic rings. The lowest BCUT2D eigenvalue weighted by atomic mass is 10.1. The number of halogens is 3. The normalized spacial score (nSPS) is 13.3. The molecule has 1 aromatic heterocycles. The summed E-state index contributed by atoms with van der Waals surface area (Å²) in [6.45, 7) is 1.92. The van der Waals surface area contributed by atoms with Gasteiger partial charge < -0.3 is 10.3 Å². The third-order valence-electron chi connectivity index (χ3n) is 3.67. The van der Waals surface area contributed by atoms with Gasteiger partial charge in [0.2, 0.25) is 0 Å². The van der Waals surface area contributed by atoms with Gasteiger partial charge in [-0.25, -0.2) is 0 Å². The Hall–Kier alpha value is -2.43. The summed E-state index contributed by atoms with van der Waals surface area (Å²) >= 11 is 0. The van der Waals surface area contributed by atoms with E-state index in [4.69, 9.17) is 0 Å². The van der Waals surface area contributed by atoms with Gasteiger partial charge in [-0.1, -0.05) is 12.1 Å². The van der Waals surface area contributed by atoms with E-state index in [2.05, 4.69) is 10.3 Å². The molecule has 1 heterocycles. The molecule has 114 valence electrons. The van der Waals surface area contributed by atoms with E-state index in [1.807, 2.05) is 37.4 Å². The summed E-state index contributed by atoms with van der Waals surface area (Å²) in [7, 11) is 0. The van der Waals surface area contributed by atoms with Gasteiger partial charge in [0.25, 0.3) is 0 Å². The number of alkyl halides is 3. The van der Waals surface area contributed by atoms with Crippen LogP contribution in [-0.2, 0) is 6.18 Å². The smallest absolute Gasteiger partial charge is 0.379 e.